The van der Waals surface area contributed by atoms with Crippen molar-refractivity contribution in [3.63, 3.8) is 0 Å². The molecule has 1 aromatic carbocycles. The van der Waals surface area contributed by atoms with Gasteiger partial charge in [-0.05, 0) is 31.7 Å². The first kappa shape index (κ1) is 15.5. The van der Waals surface area contributed by atoms with Crippen molar-refractivity contribution in [1.82, 2.24) is 5.32 Å². The molecule has 0 aromatic heterocycles. The molecule has 0 spiro atoms. The number of hydrogen-bond donors (Lipinski definition) is 3. The van der Waals surface area contributed by atoms with E-state index < -0.39 is 5.97 Å². The summed E-state index contributed by atoms with van der Waals surface area (Å²) >= 11 is 5.74. The zero-order chi connectivity index (χ0) is 14.4. The molecule has 1 amide bonds. The van der Waals surface area contributed by atoms with Crippen LogP contribution in [0.25, 0.3) is 0 Å². The fourth-order valence-corrected chi connectivity index (χ4v) is 1.87. The molecule has 3 N–H and O–H groups in total. The fourth-order valence-electron chi connectivity index (χ4n) is 1.70. The molecule has 1 atom stereocenters. The number of carbonyl (C=O) groups excluding carboxylic acids is 1. The van der Waals surface area contributed by atoms with E-state index in [1.807, 2.05) is 13.8 Å². The van der Waals surface area contributed by atoms with E-state index in [-0.39, 0.29) is 29.6 Å². The lowest BCUT2D eigenvalue weighted by Gasteiger charge is -2.13. The Morgan fingerprint density at radius 3 is 2.68 bits per heavy atom. The first-order chi connectivity index (χ1) is 8.93. The molecule has 0 aliphatic heterocycles. The predicted molar refractivity (Wildman–Crippen MR) is 74.8 cm³/mol. The van der Waals surface area contributed by atoms with Gasteiger partial charge >= 0.3 is 5.97 Å². The highest BCUT2D eigenvalue weighted by atomic mass is 35.5. The number of nitrogens with one attached hydrogen (secondary N) is 2. The molecule has 0 saturated heterocycles. The van der Waals surface area contributed by atoms with Gasteiger partial charge in [0.2, 0.25) is 5.91 Å². The average Bonchev–Trinajstić information content (AvgIpc) is 2.31. The summed E-state index contributed by atoms with van der Waals surface area (Å²) < 4.78 is 0. The van der Waals surface area contributed by atoms with Crippen molar-refractivity contribution in [3.8, 4) is 0 Å². The molecule has 1 aromatic rings. The first-order valence-electron chi connectivity index (χ1n) is 6.00. The number of carboxylic acid groups (broad SMARTS) is 1. The fraction of sp³-hybridized carbons (Fsp3) is 0.385. The van der Waals surface area contributed by atoms with E-state index in [4.69, 9.17) is 16.7 Å². The Labute approximate surface area is 117 Å². The summed E-state index contributed by atoms with van der Waals surface area (Å²) in [5.74, 6) is -1.36. The molecule has 104 valence electrons. The van der Waals surface area contributed by atoms with Gasteiger partial charge in [0.15, 0.2) is 0 Å². The zero-order valence-electron chi connectivity index (χ0n) is 10.9. The minimum absolute atomic E-state index is 0.0167. The van der Waals surface area contributed by atoms with Crippen molar-refractivity contribution in [2.75, 3.05) is 11.9 Å². The van der Waals surface area contributed by atoms with Gasteiger partial charge in [-0.1, -0.05) is 18.5 Å². The second-order valence-electron chi connectivity index (χ2n) is 4.21. The van der Waals surface area contributed by atoms with Crippen LogP contribution in [0.4, 0.5) is 5.69 Å². The second-order valence-corrected chi connectivity index (χ2v) is 4.64. The third-order valence-electron chi connectivity index (χ3n) is 2.53. The number of hydrogen-bond acceptors (Lipinski definition) is 3. The molecule has 0 aliphatic rings. The van der Waals surface area contributed by atoms with Crippen LogP contribution in [0.1, 0.15) is 30.6 Å². The summed E-state index contributed by atoms with van der Waals surface area (Å²) in [6.07, 6.45) is 0.273. The Hall–Kier alpha value is -1.59. The molecule has 1 unspecified atom stereocenters. The van der Waals surface area contributed by atoms with E-state index >= 15 is 0 Å². The molecule has 0 fully saturated rings. The predicted octanol–water partition coefficient (Wildman–Crippen LogP) is 2.36. The molecular weight excluding hydrogens is 268 g/mol. The van der Waals surface area contributed by atoms with Gasteiger partial charge in [0.25, 0.3) is 0 Å². The molecule has 0 saturated carbocycles. The highest BCUT2D eigenvalue weighted by molar-refractivity contribution is 6.31. The average molecular weight is 285 g/mol. The zero-order valence-corrected chi connectivity index (χ0v) is 11.6. The lowest BCUT2D eigenvalue weighted by molar-refractivity contribution is -0.116. The van der Waals surface area contributed by atoms with E-state index in [1.54, 1.807) is 0 Å². The Morgan fingerprint density at radius 1 is 1.42 bits per heavy atom. The van der Waals surface area contributed by atoms with Gasteiger partial charge in [0.05, 0.1) is 11.3 Å². The standard InChI is InChI=1S/C13H17ClN2O3/c1-3-15-8(2)6-12(17)16-11-5-4-9(14)7-10(11)13(18)19/h4-5,7-8,15H,3,6H2,1-2H3,(H,16,17)(H,18,19). The van der Waals surface area contributed by atoms with Crippen LogP contribution in [0.15, 0.2) is 18.2 Å². The van der Waals surface area contributed by atoms with Crippen molar-refractivity contribution >= 4 is 29.2 Å². The Kier molecular flexibility index (Phi) is 5.79. The normalized spacial score (nSPS) is 11.9. The smallest absolute Gasteiger partial charge is 0.337 e. The number of benzene rings is 1. The maximum Gasteiger partial charge on any atom is 0.337 e. The number of aromatic carboxylic acids is 1. The van der Waals surface area contributed by atoms with Crippen LogP contribution in [0.5, 0.6) is 0 Å². The number of rotatable bonds is 6. The quantitative estimate of drug-likeness (QED) is 0.749. The van der Waals surface area contributed by atoms with Crippen molar-refractivity contribution in [1.29, 1.82) is 0 Å². The molecule has 0 aliphatic carbocycles. The van der Waals surface area contributed by atoms with Gasteiger partial charge in [-0.15, -0.1) is 0 Å². The first-order valence-corrected chi connectivity index (χ1v) is 6.38. The highest BCUT2D eigenvalue weighted by Crippen LogP contribution is 2.21. The van der Waals surface area contributed by atoms with E-state index in [2.05, 4.69) is 10.6 Å². The minimum Gasteiger partial charge on any atom is -0.478 e. The van der Waals surface area contributed by atoms with Crippen LogP contribution in [0, 0.1) is 0 Å². The largest absolute Gasteiger partial charge is 0.478 e. The van der Waals surface area contributed by atoms with E-state index in [9.17, 15) is 9.59 Å². The molecule has 19 heavy (non-hydrogen) atoms. The van der Waals surface area contributed by atoms with Gasteiger partial charge < -0.3 is 15.7 Å². The van der Waals surface area contributed by atoms with Gasteiger partial charge in [-0.25, -0.2) is 4.79 Å². The monoisotopic (exact) mass is 284 g/mol. The van der Waals surface area contributed by atoms with E-state index in [0.29, 0.717) is 5.02 Å². The summed E-state index contributed by atoms with van der Waals surface area (Å²) in [5.41, 5.74) is 0.238. The lowest BCUT2D eigenvalue weighted by Crippen LogP contribution is -2.30. The third kappa shape index (κ3) is 4.89. The van der Waals surface area contributed by atoms with Crippen molar-refractivity contribution in [2.24, 2.45) is 0 Å². The number of carbonyl (C=O) groups is 2. The highest BCUT2D eigenvalue weighted by Gasteiger charge is 2.14. The summed E-state index contributed by atoms with van der Waals surface area (Å²) in [4.78, 5) is 22.8. The molecule has 6 heteroatoms. The van der Waals surface area contributed by atoms with Crippen LogP contribution >= 0.6 is 11.6 Å². The molecule has 1 rings (SSSR count). The SMILES string of the molecule is CCNC(C)CC(=O)Nc1ccc(Cl)cc1C(=O)O. The maximum absolute atomic E-state index is 11.8. The molecule has 0 radical (unpaired) electrons. The summed E-state index contributed by atoms with van der Waals surface area (Å²) in [6.45, 7) is 4.62. The molecular formula is C13H17ClN2O3. The second kappa shape index (κ2) is 7.11. The van der Waals surface area contributed by atoms with Crippen LogP contribution < -0.4 is 10.6 Å². The van der Waals surface area contributed by atoms with E-state index in [0.717, 1.165) is 6.54 Å². The Morgan fingerprint density at radius 2 is 2.11 bits per heavy atom. The minimum atomic E-state index is -1.13. The van der Waals surface area contributed by atoms with Crippen LogP contribution in [-0.4, -0.2) is 29.6 Å². The number of amides is 1. The summed E-state index contributed by atoms with van der Waals surface area (Å²) in [6, 6.07) is 4.37. The van der Waals surface area contributed by atoms with Crippen LogP contribution in [0.2, 0.25) is 5.02 Å². The third-order valence-corrected chi connectivity index (χ3v) is 2.77. The van der Waals surface area contributed by atoms with Gasteiger partial charge in [0.1, 0.15) is 0 Å². The van der Waals surface area contributed by atoms with Crippen molar-refractivity contribution in [2.45, 2.75) is 26.3 Å². The molecule has 0 heterocycles. The van der Waals surface area contributed by atoms with Gasteiger partial charge in [-0.3, -0.25) is 4.79 Å². The molecule has 0 bridgehead atoms. The number of carboxylic acids is 1. The Balaban J connectivity index is 2.76. The van der Waals surface area contributed by atoms with Gasteiger partial charge in [-0.2, -0.15) is 0 Å². The topological polar surface area (TPSA) is 78.4 Å². The van der Waals surface area contributed by atoms with Crippen molar-refractivity contribution < 1.29 is 14.7 Å². The van der Waals surface area contributed by atoms with Crippen molar-refractivity contribution in [3.05, 3.63) is 28.8 Å². The van der Waals surface area contributed by atoms with Gasteiger partial charge in [0, 0.05) is 17.5 Å². The maximum atomic E-state index is 11.8. The molecule has 5 nitrogen and oxygen atoms in total. The number of anilines is 1. The number of halogens is 1. The lowest BCUT2D eigenvalue weighted by atomic mass is 10.1. The van der Waals surface area contributed by atoms with Crippen LogP contribution in [-0.2, 0) is 4.79 Å². The van der Waals surface area contributed by atoms with Crippen LogP contribution in [0.3, 0.4) is 0 Å². The summed E-state index contributed by atoms with van der Waals surface area (Å²) in [7, 11) is 0. The van der Waals surface area contributed by atoms with E-state index in [1.165, 1.54) is 18.2 Å². The summed E-state index contributed by atoms with van der Waals surface area (Å²) in [5, 5.41) is 15.1. The Bertz CT molecular complexity index is 477.